The van der Waals surface area contributed by atoms with Crippen molar-refractivity contribution in [1.29, 1.82) is 0 Å². The second kappa shape index (κ2) is 12.9. The van der Waals surface area contributed by atoms with E-state index in [1.165, 1.54) is 35.6 Å². The molecule has 0 amide bonds. The monoisotopic (exact) mass is 504 g/mol. The maximum atomic E-state index is 11.9. The van der Waals surface area contributed by atoms with Gasteiger partial charge in [0.05, 0.1) is 22.9 Å². The topological polar surface area (TPSA) is 87.1 Å². The summed E-state index contributed by atoms with van der Waals surface area (Å²) in [5.41, 5.74) is -1.66. The van der Waals surface area contributed by atoms with Gasteiger partial charge in [0.15, 0.2) is 5.13 Å². The summed E-state index contributed by atoms with van der Waals surface area (Å²) in [5.74, 6) is 0. The highest BCUT2D eigenvalue weighted by molar-refractivity contribution is 8.00. The van der Waals surface area contributed by atoms with Crippen LogP contribution in [-0.4, -0.2) is 40.5 Å². The van der Waals surface area contributed by atoms with Crippen molar-refractivity contribution in [2.24, 2.45) is 0 Å². The third-order valence-corrected chi connectivity index (χ3v) is 6.55. The SMILES string of the molecule is CCNCc1nc(CO)sc1-c1csc(NC)n1.O=CCc1ccc(SC(F)(F)F)cc1. The summed E-state index contributed by atoms with van der Waals surface area (Å²) in [7, 11) is 1.86. The minimum atomic E-state index is -4.26. The molecule has 32 heavy (non-hydrogen) atoms. The van der Waals surface area contributed by atoms with Crippen LogP contribution in [0.15, 0.2) is 34.5 Å². The number of nitrogens with zero attached hydrogens (tertiary/aromatic N) is 2. The third-order valence-electron chi connectivity index (χ3n) is 3.85. The lowest BCUT2D eigenvalue weighted by Crippen LogP contribution is -2.12. The zero-order valence-corrected chi connectivity index (χ0v) is 19.9. The Balaban J connectivity index is 0.000000235. The van der Waals surface area contributed by atoms with Gasteiger partial charge in [0.2, 0.25) is 0 Å². The average molecular weight is 505 g/mol. The van der Waals surface area contributed by atoms with Gasteiger partial charge in [-0.05, 0) is 36.0 Å². The number of aromatic nitrogens is 2. The van der Waals surface area contributed by atoms with E-state index in [0.717, 1.165) is 32.9 Å². The van der Waals surface area contributed by atoms with E-state index < -0.39 is 5.51 Å². The molecule has 3 aromatic rings. The van der Waals surface area contributed by atoms with Crippen molar-refractivity contribution in [3.63, 3.8) is 0 Å². The Hall–Kier alpha value is -1.99. The number of thiazole rings is 2. The van der Waals surface area contributed by atoms with E-state index in [4.69, 9.17) is 0 Å². The molecule has 6 nitrogen and oxygen atoms in total. The standard InChI is InChI=1S/C11H16N4OS2.C9H7F3OS/c1-3-13-4-7-10(18-9(5-16)14-7)8-6-17-11(12-2)15-8;10-9(11,12)14-8-3-1-7(2-4-8)5-6-13/h6,13,16H,3-5H2,1-2H3,(H,12,15);1-4,6H,5H2. The maximum Gasteiger partial charge on any atom is 0.446 e. The molecular formula is C20H23F3N4O2S3. The molecule has 174 valence electrons. The molecule has 1 aromatic carbocycles. The number of benzene rings is 1. The van der Waals surface area contributed by atoms with E-state index in [-0.39, 0.29) is 29.7 Å². The lowest BCUT2D eigenvalue weighted by Gasteiger charge is -2.05. The molecule has 0 fully saturated rings. The predicted molar refractivity (Wildman–Crippen MR) is 124 cm³/mol. The molecule has 0 aliphatic rings. The minimum Gasteiger partial charge on any atom is -0.389 e. The van der Waals surface area contributed by atoms with Gasteiger partial charge in [0.1, 0.15) is 11.3 Å². The Bertz CT molecular complexity index is 975. The normalized spacial score (nSPS) is 11.1. The number of alkyl halides is 3. The second-order valence-electron chi connectivity index (χ2n) is 6.17. The van der Waals surface area contributed by atoms with Crippen molar-refractivity contribution in [1.82, 2.24) is 15.3 Å². The lowest BCUT2D eigenvalue weighted by molar-refractivity contribution is -0.107. The van der Waals surface area contributed by atoms with E-state index in [1.807, 2.05) is 12.4 Å². The predicted octanol–water partition coefficient (Wildman–Crippen LogP) is 4.95. The fourth-order valence-electron chi connectivity index (χ4n) is 2.45. The molecule has 0 aliphatic heterocycles. The van der Waals surface area contributed by atoms with Crippen molar-refractivity contribution in [3.05, 3.63) is 45.9 Å². The number of carbonyl (C=O) groups excluding carboxylic acids is 1. The maximum absolute atomic E-state index is 11.9. The first-order chi connectivity index (χ1) is 15.3. The molecule has 3 rings (SSSR count). The summed E-state index contributed by atoms with van der Waals surface area (Å²) in [6, 6.07) is 5.75. The molecule has 0 aliphatic carbocycles. The number of nitrogens with one attached hydrogen (secondary N) is 2. The van der Waals surface area contributed by atoms with Crippen LogP contribution in [0.3, 0.4) is 0 Å². The number of aliphatic hydroxyl groups is 1. The quantitative estimate of drug-likeness (QED) is 0.281. The van der Waals surface area contributed by atoms with Crippen LogP contribution in [0.1, 0.15) is 23.2 Å². The van der Waals surface area contributed by atoms with Crippen molar-refractivity contribution in [2.45, 2.75) is 36.9 Å². The molecule has 0 atom stereocenters. The van der Waals surface area contributed by atoms with E-state index in [9.17, 15) is 23.1 Å². The number of aliphatic hydroxyl groups excluding tert-OH is 1. The first kappa shape index (κ1) is 26.3. The number of rotatable bonds is 9. The van der Waals surface area contributed by atoms with Crippen LogP contribution in [0.5, 0.6) is 0 Å². The third kappa shape index (κ3) is 8.51. The number of thioether (sulfide) groups is 1. The number of aldehydes is 1. The van der Waals surface area contributed by atoms with Crippen molar-refractivity contribution < 1.29 is 23.1 Å². The summed E-state index contributed by atoms with van der Waals surface area (Å²) in [5, 5.41) is 19.1. The Morgan fingerprint density at radius 1 is 1.22 bits per heavy atom. The molecule has 0 saturated carbocycles. The summed E-state index contributed by atoms with van der Waals surface area (Å²) in [6.45, 7) is 3.63. The van der Waals surface area contributed by atoms with Crippen LogP contribution in [0, 0.1) is 0 Å². The van der Waals surface area contributed by atoms with E-state index in [1.54, 1.807) is 11.3 Å². The Morgan fingerprint density at radius 2 is 1.94 bits per heavy atom. The van der Waals surface area contributed by atoms with Gasteiger partial charge in [-0.15, -0.1) is 22.7 Å². The van der Waals surface area contributed by atoms with Gasteiger partial charge in [-0.2, -0.15) is 13.2 Å². The molecule has 0 bridgehead atoms. The van der Waals surface area contributed by atoms with Gasteiger partial charge in [-0.25, -0.2) is 9.97 Å². The van der Waals surface area contributed by atoms with Crippen LogP contribution in [0.25, 0.3) is 10.6 Å². The minimum absolute atomic E-state index is 0.0210. The first-order valence-corrected chi connectivity index (χ1v) is 12.0. The zero-order chi connectivity index (χ0) is 23.6. The Kier molecular flexibility index (Phi) is 10.6. The highest BCUT2D eigenvalue weighted by Crippen LogP contribution is 2.36. The molecule has 0 unspecified atom stereocenters. The van der Waals surface area contributed by atoms with Crippen LogP contribution < -0.4 is 10.6 Å². The number of carbonyl (C=O) groups is 1. The molecule has 2 heterocycles. The van der Waals surface area contributed by atoms with E-state index in [0.29, 0.717) is 18.4 Å². The number of hydrogen-bond acceptors (Lipinski definition) is 9. The highest BCUT2D eigenvalue weighted by atomic mass is 32.2. The zero-order valence-electron chi connectivity index (χ0n) is 17.4. The molecular weight excluding hydrogens is 481 g/mol. The van der Waals surface area contributed by atoms with Gasteiger partial charge in [-0.1, -0.05) is 19.1 Å². The number of hydrogen-bond donors (Lipinski definition) is 3. The molecule has 3 N–H and O–H groups in total. The van der Waals surface area contributed by atoms with Gasteiger partial charge in [0.25, 0.3) is 0 Å². The lowest BCUT2D eigenvalue weighted by atomic mass is 10.2. The fraction of sp³-hybridized carbons (Fsp3) is 0.350. The number of halogens is 3. The first-order valence-electron chi connectivity index (χ1n) is 9.51. The Morgan fingerprint density at radius 3 is 2.47 bits per heavy atom. The van der Waals surface area contributed by atoms with Gasteiger partial charge in [-0.3, -0.25) is 0 Å². The molecule has 0 radical (unpaired) electrons. The van der Waals surface area contributed by atoms with Gasteiger partial charge in [0, 0.05) is 30.3 Å². The highest BCUT2D eigenvalue weighted by Gasteiger charge is 2.28. The van der Waals surface area contributed by atoms with Crippen LogP contribution in [-0.2, 0) is 24.4 Å². The average Bonchev–Trinajstić information content (AvgIpc) is 3.40. The molecule has 0 spiro atoms. The summed E-state index contributed by atoms with van der Waals surface area (Å²) < 4.78 is 35.7. The van der Waals surface area contributed by atoms with Crippen molar-refractivity contribution in [3.8, 4) is 10.6 Å². The molecule has 0 saturated heterocycles. The number of anilines is 1. The van der Waals surface area contributed by atoms with Gasteiger partial charge < -0.3 is 20.5 Å². The van der Waals surface area contributed by atoms with Crippen LogP contribution >= 0.6 is 34.4 Å². The summed E-state index contributed by atoms with van der Waals surface area (Å²) in [4.78, 5) is 20.2. The van der Waals surface area contributed by atoms with Gasteiger partial charge >= 0.3 is 5.51 Å². The van der Waals surface area contributed by atoms with Crippen molar-refractivity contribution in [2.75, 3.05) is 18.9 Å². The van der Waals surface area contributed by atoms with E-state index in [2.05, 4.69) is 27.5 Å². The van der Waals surface area contributed by atoms with Crippen LogP contribution in [0.2, 0.25) is 0 Å². The fourth-order valence-corrected chi connectivity index (χ4v) is 4.63. The molecule has 12 heteroatoms. The summed E-state index contributed by atoms with van der Waals surface area (Å²) in [6.07, 6.45) is 0.947. The second-order valence-corrected chi connectivity index (χ2v) is 9.25. The molecule has 2 aromatic heterocycles. The van der Waals surface area contributed by atoms with Crippen LogP contribution in [0.4, 0.5) is 18.3 Å². The van der Waals surface area contributed by atoms with E-state index >= 15 is 0 Å². The Labute approximate surface area is 196 Å². The summed E-state index contributed by atoms with van der Waals surface area (Å²) >= 11 is 2.91. The van der Waals surface area contributed by atoms with Crippen molar-refractivity contribution >= 4 is 45.9 Å². The largest absolute Gasteiger partial charge is 0.446 e. The smallest absolute Gasteiger partial charge is 0.389 e.